The van der Waals surface area contributed by atoms with Gasteiger partial charge < -0.3 is 19.4 Å². The Labute approximate surface area is 193 Å². The number of benzene rings is 2. The molecule has 0 aliphatic carbocycles. The number of carboxylic acids is 1. The van der Waals surface area contributed by atoms with Gasteiger partial charge in [-0.3, -0.25) is 9.69 Å². The summed E-state index contributed by atoms with van der Waals surface area (Å²) in [5.74, 6) is -1.79. The summed E-state index contributed by atoms with van der Waals surface area (Å²) in [7, 11) is 1.62. The van der Waals surface area contributed by atoms with E-state index >= 15 is 0 Å². The molecule has 0 bridgehead atoms. The summed E-state index contributed by atoms with van der Waals surface area (Å²) in [6, 6.07) is 11.3. The van der Waals surface area contributed by atoms with Gasteiger partial charge in [0.15, 0.2) is 5.17 Å². The second kappa shape index (κ2) is 10.3. The lowest BCUT2D eigenvalue weighted by atomic mass is 10.2. The van der Waals surface area contributed by atoms with Crippen LogP contribution in [0.25, 0.3) is 6.08 Å². The number of hydrogen-bond acceptors (Lipinski definition) is 8. The summed E-state index contributed by atoms with van der Waals surface area (Å²) in [5.41, 5.74) is 1.64. The van der Waals surface area contributed by atoms with Crippen molar-refractivity contribution < 1.29 is 29.0 Å². The summed E-state index contributed by atoms with van der Waals surface area (Å²) in [6.45, 7) is 1.42. The Balaban J connectivity index is 1.76. The average molecular weight is 474 g/mol. The lowest BCUT2D eigenvalue weighted by molar-refractivity contribution is -0.307. The predicted octanol–water partition coefficient (Wildman–Crippen LogP) is 2.88. The third kappa shape index (κ3) is 5.68. The van der Waals surface area contributed by atoms with Crippen LogP contribution in [-0.2, 0) is 14.3 Å². The molecule has 32 heavy (non-hydrogen) atoms. The van der Waals surface area contributed by atoms with Crippen molar-refractivity contribution in [2.45, 2.75) is 6.92 Å². The molecule has 1 aliphatic heterocycles. The molecular formula is C22H18ClN2O6S-. The highest BCUT2D eigenvalue weighted by Gasteiger charge is 2.30. The minimum atomic E-state index is -1.36. The van der Waals surface area contributed by atoms with E-state index in [-0.39, 0.29) is 16.7 Å². The summed E-state index contributed by atoms with van der Waals surface area (Å²) < 4.78 is 10.00. The van der Waals surface area contributed by atoms with Crippen LogP contribution in [-0.4, -0.2) is 48.2 Å². The molecule has 1 heterocycles. The number of halogens is 1. The number of amidine groups is 1. The Morgan fingerprint density at radius 3 is 2.56 bits per heavy atom. The Morgan fingerprint density at radius 2 is 1.94 bits per heavy atom. The normalized spacial score (nSPS) is 16.0. The molecule has 0 aromatic heterocycles. The van der Waals surface area contributed by atoms with Gasteiger partial charge in [-0.2, -0.15) is 0 Å². The van der Waals surface area contributed by atoms with Crippen LogP contribution >= 0.6 is 23.4 Å². The van der Waals surface area contributed by atoms with Crippen molar-refractivity contribution in [3.63, 3.8) is 0 Å². The number of carbonyl (C=O) groups is 3. The Morgan fingerprint density at radius 1 is 1.22 bits per heavy atom. The first kappa shape index (κ1) is 23.4. The van der Waals surface area contributed by atoms with Crippen molar-refractivity contribution in [3.05, 3.63) is 63.5 Å². The molecule has 2 aromatic carbocycles. The molecule has 0 unspecified atom stereocenters. The van der Waals surface area contributed by atoms with E-state index in [1.54, 1.807) is 56.4 Å². The number of ether oxygens (including phenoxy) is 2. The number of carboxylic acid groups (broad SMARTS) is 1. The first-order valence-electron chi connectivity index (χ1n) is 9.44. The van der Waals surface area contributed by atoms with Gasteiger partial charge in [0.2, 0.25) is 0 Å². The van der Waals surface area contributed by atoms with Gasteiger partial charge in [-0.05, 0) is 66.7 Å². The lowest BCUT2D eigenvalue weighted by Gasteiger charge is -2.09. The van der Waals surface area contributed by atoms with Crippen LogP contribution in [0.4, 0.5) is 5.69 Å². The number of carbonyl (C=O) groups excluding carboxylic acids is 3. The molecule has 2 aromatic rings. The first-order valence-corrected chi connectivity index (χ1v) is 10.6. The van der Waals surface area contributed by atoms with E-state index in [1.807, 2.05) is 0 Å². The Bertz CT molecular complexity index is 1110. The summed E-state index contributed by atoms with van der Waals surface area (Å²) >= 11 is 7.32. The molecule has 1 aliphatic rings. The van der Waals surface area contributed by atoms with Crippen molar-refractivity contribution in [3.8, 4) is 5.75 Å². The van der Waals surface area contributed by atoms with E-state index in [9.17, 15) is 19.5 Å². The maximum atomic E-state index is 12.6. The van der Waals surface area contributed by atoms with Crippen LogP contribution in [0.15, 0.2) is 52.4 Å². The average Bonchev–Trinajstić information content (AvgIpc) is 3.01. The van der Waals surface area contributed by atoms with Gasteiger partial charge in [0.05, 0.1) is 33.8 Å². The van der Waals surface area contributed by atoms with Crippen molar-refractivity contribution >= 4 is 58.1 Å². The molecule has 10 heteroatoms. The maximum absolute atomic E-state index is 12.6. The van der Waals surface area contributed by atoms with E-state index in [2.05, 4.69) is 4.99 Å². The third-order valence-corrected chi connectivity index (χ3v) is 5.56. The fourth-order valence-corrected chi connectivity index (χ4v) is 3.89. The van der Waals surface area contributed by atoms with Crippen LogP contribution < -0.4 is 9.84 Å². The molecule has 8 nitrogen and oxygen atoms in total. The van der Waals surface area contributed by atoms with Crippen LogP contribution in [0.3, 0.4) is 0 Å². The molecule has 1 amide bonds. The lowest BCUT2D eigenvalue weighted by Crippen LogP contribution is -2.28. The third-order valence-electron chi connectivity index (χ3n) is 4.21. The van der Waals surface area contributed by atoms with Crippen molar-refractivity contribution in [2.75, 3.05) is 20.3 Å². The summed E-state index contributed by atoms with van der Waals surface area (Å²) in [6.07, 6.45) is 1.66. The number of esters is 1. The zero-order chi connectivity index (χ0) is 23.3. The van der Waals surface area contributed by atoms with E-state index < -0.39 is 18.5 Å². The van der Waals surface area contributed by atoms with Crippen LogP contribution in [0, 0.1) is 0 Å². The number of nitrogens with zero attached hydrogens (tertiary/aromatic N) is 2. The first-order chi connectivity index (χ1) is 15.3. The van der Waals surface area contributed by atoms with Crippen LogP contribution in [0.5, 0.6) is 5.75 Å². The highest BCUT2D eigenvalue weighted by atomic mass is 35.5. The van der Waals surface area contributed by atoms with Gasteiger partial charge >= 0.3 is 5.97 Å². The molecule has 166 valence electrons. The largest absolute Gasteiger partial charge is 0.546 e. The minimum absolute atomic E-state index is 0.203. The number of thioether (sulfide) groups is 1. The molecule has 0 saturated carbocycles. The van der Waals surface area contributed by atoms with Crippen LogP contribution in [0.1, 0.15) is 22.8 Å². The van der Waals surface area contributed by atoms with E-state index in [4.69, 9.17) is 21.1 Å². The zero-order valence-electron chi connectivity index (χ0n) is 17.2. The van der Waals surface area contributed by atoms with Gasteiger partial charge in [0, 0.05) is 7.05 Å². The summed E-state index contributed by atoms with van der Waals surface area (Å²) in [5, 5.41) is 11.2. The molecule has 3 rings (SSSR count). The number of hydrogen-bond donors (Lipinski definition) is 0. The fraction of sp³-hybridized carbons (Fsp3) is 0.182. The predicted molar refractivity (Wildman–Crippen MR) is 120 cm³/mol. The number of aliphatic carboxylic acids is 1. The van der Waals surface area contributed by atoms with Gasteiger partial charge in [0.25, 0.3) is 5.91 Å². The molecule has 0 atom stereocenters. The number of aliphatic imine (C=N–C) groups is 1. The Hall–Kier alpha value is -3.30. The molecule has 1 saturated heterocycles. The maximum Gasteiger partial charge on any atom is 0.338 e. The van der Waals surface area contributed by atoms with E-state index in [0.717, 1.165) is 0 Å². The molecule has 0 radical (unpaired) electrons. The van der Waals surface area contributed by atoms with Crippen molar-refractivity contribution in [1.82, 2.24) is 4.90 Å². The van der Waals surface area contributed by atoms with Crippen molar-refractivity contribution in [2.24, 2.45) is 4.99 Å². The molecule has 0 N–H and O–H groups in total. The number of rotatable bonds is 7. The Kier molecular flexibility index (Phi) is 7.55. The van der Waals surface area contributed by atoms with Gasteiger partial charge in [-0.1, -0.05) is 17.7 Å². The van der Waals surface area contributed by atoms with Gasteiger partial charge in [0.1, 0.15) is 12.4 Å². The fourth-order valence-electron chi connectivity index (χ4n) is 2.66. The smallest absolute Gasteiger partial charge is 0.338 e. The van der Waals surface area contributed by atoms with Crippen LogP contribution in [0.2, 0.25) is 5.02 Å². The monoisotopic (exact) mass is 473 g/mol. The second-order valence-corrected chi connectivity index (χ2v) is 7.90. The van der Waals surface area contributed by atoms with Gasteiger partial charge in [-0.15, -0.1) is 0 Å². The second-order valence-electron chi connectivity index (χ2n) is 6.49. The minimum Gasteiger partial charge on any atom is -0.546 e. The molecule has 1 fully saturated rings. The SMILES string of the molecule is CCOC(=O)c1ccc(N=C2S/C(=C\c3ccc(OCC(=O)[O-])c(Cl)c3)C(=O)N2C)cc1. The highest BCUT2D eigenvalue weighted by molar-refractivity contribution is 8.18. The molecular weight excluding hydrogens is 456 g/mol. The number of amides is 1. The quantitative estimate of drug-likeness (QED) is 0.449. The topological polar surface area (TPSA) is 108 Å². The van der Waals surface area contributed by atoms with E-state index in [0.29, 0.717) is 33.5 Å². The standard InChI is InChI=1S/C22H19ClN2O6S/c1-3-30-21(29)14-5-7-15(8-6-14)24-22-25(2)20(28)18(32-22)11-13-4-9-17(16(23)10-13)31-12-19(26)27/h4-11H,3,12H2,1-2H3,(H,26,27)/p-1/b18-11-,24-22?. The summed E-state index contributed by atoms with van der Waals surface area (Å²) in [4.78, 5) is 41.2. The van der Waals surface area contributed by atoms with Crippen molar-refractivity contribution in [1.29, 1.82) is 0 Å². The van der Waals surface area contributed by atoms with Gasteiger partial charge in [-0.25, -0.2) is 9.79 Å². The zero-order valence-corrected chi connectivity index (χ0v) is 18.7. The highest BCUT2D eigenvalue weighted by Crippen LogP contribution is 2.34. The number of likely N-dealkylation sites (N-methyl/N-ethyl adjacent to an activating group) is 1. The van der Waals surface area contributed by atoms with E-state index in [1.165, 1.54) is 22.7 Å². The molecule has 0 spiro atoms.